The lowest BCUT2D eigenvalue weighted by molar-refractivity contribution is 0.0600. The Kier molecular flexibility index (Phi) is 5.97. The quantitative estimate of drug-likeness (QED) is 0.516. The number of benzene rings is 3. The van der Waals surface area contributed by atoms with Gasteiger partial charge in [-0.1, -0.05) is 54.1 Å². The summed E-state index contributed by atoms with van der Waals surface area (Å²) in [6.07, 6.45) is 0. The summed E-state index contributed by atoms with van der Waals surface area (Å²) < 4.78 is 40.6. The second-order valence-corrected chi connectivity index (χ2v) is 10.6. The van der Waals surface area contributed by atoms with Crippen LogP contribution in [0.15, 0.2) is 89.2 Å². The number of rotatable bonds is 4. The number of sulfonamides is 1. The molecule has 0 saturated heterocycles. The van der Waals surface area contributed by atoms with Crippen molar-refractivity contribution in [1.29, 1.82) is 5.26 Å². The summed E-state index contributed by atoms with van der Waals surface area (Å²) in [5.41, 5.74) is 9.73. The van der Waals surface area contributed by atoms with E-state index in [1.165, 1.54) is 23.5 Å². The molecule has 9 heteroatoms. The normalized spacial score (nSPS) is 17.9. The van der Waals surface area contributed by atoms with Crippen LogP contribution in [0, 0.1) is 18.3 Å². The summed E-state index contributed by atoms with van der Waals surface area (Å²) in [5, 5.41) is 9.99. The van der Waals surface area contributed by atoms with Crippen LogP contribution in [0.4, 0.5) is 5.69 Å². The van der Waals surface area contributed by atoms with E-state index in [4.69, 9.17) is 15.2 Å². The minimum Gasteiger partial charge on any atom is -0.465 e. The average Bonchev–Trinajstić information content (AvgIpc) is 2.90. The van der Waals surface area contributed by atoms with Gasteiger partial charge in [0.1, 0.15) is 16.5 Å². The van der Waals surface area contributed by atoms with Crippen LogP contribution in [-0.4, -0.2) is 21.5 Å². The monoisotopic (exact) mass is 513 g/mol. The third kappa shape index (κ3) is 4.01. The van der Waals surface area contributed by atoms with Crippen molar-refractivity contribution >= 4 is 27.4 Å². The van der Waals surface area contributed by atoms with E-state index >= 15 is 0 Å². The first-order chi connectivity index (χ1) is 17.8. The predicted octanol–water partition coefficient (Wildman–Crippen LogP) is 4.31. The Morgan fingerprint density at radius 1 is 1.11 bits per heavy atom. The maximum absolute atomic E-state index is 14.3. The molecule has 0 amide bonds. The number of nitrogens with zero attached hydrogens (tertiary/aromatic N) is 2. The Balaban J connectivity index is 1.72. The molecule has 0 spiro atoms. The van der Waals surface area contributed by atoms with Gasteiger partial charge in [-0.25, -0.2) is 13.2 Å². The predicted molar refractivity (Wildman–Crippen MR) is 138 cm³/mol. The van der Waals surface area contributed by atoms with Crippen molar-refractivity contribution in [3.63, 3.8) is 0 Å². The zero-order chi connectivity index (χ0) is 26.3. The average molecular weight is 514 g/mol. The van der Waals surface area contributed by atoms with Crippen molar-refractivity contribution in [3.05, 3.63) is 117 Å². The van der Waals surface area contributed by atoms with E-state index in [1.807, 2.05) is 37.3 Å². The number of aryl methyl sites for hydroxylation is 1. The summed E-state index contributed by atoms with van der Waals surface area (Å²) in [6.45, 7) is 2.03. The fraction of sp³-hybridized carbons (Fsp3) is 0.143. The van der Waals surface area contributed by atoms with Gasteiger partial charge in [-0.2, -0.15) is 5.26 Å². The van der Waals surface area contributed by atoms with Crippen LogP contribution >= 0.6 is 0 Å². The van der Waals surface area contributed by atoms with E-state index in [-0.39, 0.29) is 28.7 Å². The molecule has 0 fully saturated rings. The van der Waals surface area contributed by atoms with Gasteiger partial charge < -0.3 is 15.2 Å². The number of esters is 1. The molecule has 2 aliphatic rings. The Hall–Kier alpha value is -4.55. The number of fused-ring (bicyclic) bond motifs is 2. The molecule has 0 bridgehead atoms. The third-order valence-corrected chi connectivity index (χ3v) is 8.31. The fourth-order valence-electron chi connectivity index (χ4n) is 4.72. The molecular formula is C28H23N3O5S. The highest BCUT2D eigenvalue weighted by atomic mass is 32.2. The largest absolute Gasteiger partial charge is 0.465 e. The first-order valence-electron chi connectivity index (χ1n) is 11.4. The first-order valence-corrected chi connectivity index (χ1v) is 12.9. The molecule has 0 aliphatic carbocycles. The van der Waals surface area contributed by atoms with Gasteiger partial charge >= 0.3 is 5.97 Å². The van der Waals surface area contributed by atoms with Gasteiger partial charge in [0.2, 0.25) is 5.88 Å². The molecular weight excluding hydrogens is 490 g/mol. The van der Waals surface area contributed by atoms with E-state index in [0.29, 0.717) is 22.4 Å². The molecule has 2 aliphatic heterocycles. The lowest BCUT2D eigenvalue weighted by Gasteiger charge is -2.38. The molecule has 37 heavy (non-hydrogen) atoms. The number of nitrogens with two attached hydrogens (primary N) is 1. The highest BCUT2D eigenvalue weighted by molar-refractivity contribution is 7.96. The summed E-state index contributed by atoms with van der Waals surface area (Å²) in [7, 11) is -2.91. The summed E-state index contributed by atoms with van der Waals surface area (Å²) >= 11 is 0. The smallest absolute Gasteiger partial charge is 0.337 e. The van der Waals surface area contributed by atoms with Crippen molar-refractivity contribution in [2.75, 3.05) is 11.4 Å². The minimum absolute atomic E-state index is 0.0250. The van der Waals surface area contributed by atoms with Crippen molar-refractivity contribution in [3.8, 4) is 6.07 Å². The van der Waals surface area contributed by atoms with Gasteiger partial charge in [-0.3, -0.25) is 4.31 Å². The van der Waals surface area contributed by atoms with Crippen LogP contribution in [0.5, 0.6) is 0 Å². The number of methoxy groups -OCH3 is 1. The number of para-hydroxylation sites is 1. The molecule has 2 N–H and O–H groups in total. The zero-order valence-corrected chi connectivity index (χ0v) is 21.0. The van der Waals surface area contributed by atoms with E-state index < -0.39 is 21.9 Å². The van der Waals surface area contributed by atoms with Crippen molar-refractivity contribution in [1.82, 2.24) is 0 Å². The van der Waals surface area contributed by atoms with Crippen LogP contribution in [0.25, 0.3) is 5.76 Å². The maximum Gasteiger partial charge on any atom is 0.337 e. The highest BCUT2D eigenvalue weighted by Gasteiger charge is 2.47. The number of carbonyl (C=O) groups is 1. The van der Waals surface area contributed by atoms with Crippen LogP contribution in [-0.2, 0) is 26.0 Å². The molecule has 186 valence electrons. The first kappa shape index (κ1) is 24.2. The SMILES string of the molecule is COC(=O)c1ccc([C@@H]2C(C#N)=C(N)OC3=C2S(=O)(=O)N(Cc2cccc(C)c2)c2ccccc23)cc1. The Morgan fingerprint density at radius 3 is 2.51 bits per heavy atom. The van der Waals surface area contributed by atoms with Gasteiger partial charge in [0, 0.05) is 5.56 Å². The number of hydrogen-bond acceptors (Lipinski definition) is 7. The number of hydrogen-bond donors (Lipinski definition) is 1. The van der Waals surface area contributed by atoms with E-state index in [9.17, 15) is 18.5 Å². The topological polar surface area (TPSA) is 123 Å². The van der Waals surface area contributed by atoms with Crippen LogP contribution < -0.4 is 10.0 Å². The number of ether oxygens (including phenoxy) is 2. The zero-order valence-electron chi connectivity index (χ0n) is 20.1. The maximum atomic E-state index is 14.3. The van der Waals surface area contributed by atoms with Crippen LogP contribution in [0.3, 0.4) is 0 Å². The molecule has 0 saturated carbocycles. The molecule has 5 rings (SSSR count). The van der Waals surface area contributed by atoms with Gasteiger partial charge in [0.25, 0.3) is 10.0 Å². The number of anilines is 1. The number of nitriles is 1. The van der Waals surface area contributed by atoms with Crippen molar-refractivity contribution in [2.24, 2.45) is 5.73 Å². The van der Waals surface area contributed by atoms with E-state index in [0.717, 1.165) is 11.1 Å². The van der Waals surface area contributed by atoms with Crippen molar-refractivity contribution < 1.29 is 22.7 Å². The number of allylic oxidation sites excluding steroid dienone is 2. The van der Waals surface area contributed by atoms with Crippen molar-refractivity contribution in [2.45, 2.75) is 19.4 Å². The third-order valence-electron chi connectivity index (χ3n) is 6.43. The Bertz CT molecular complexity index is 1630. The highest BCUT2D eigenvalue weighted by Crippen LogP contribution is 2.51. The Labute approximate surface area is 214 Å². The van der Waals surface area contributed by atoms with E-state index in [2.05, 4.69) is 0 Å². The molecule has 8 nitrogen and oxygen atoms in total. The summed E-state index contributed by atoms with van der Waals surface area (Å²) in [4.78, 5) is 11.9. The van der Waals surface area contributed by atoms with Crippen LogP contribution in [0.2, 0.25) is 0 Å². The van der Waals surface area contributed by atoms with E-state index in [1.54, 1.807) is 36.4 Å². The van der Waals surface area contributed by atoms with Gasteiger partial charge in [-0.15, -0.1) is 0 Å². The fourth-order valence-corrected chi connectivity index (χ4v) is 6.63. The molecule has 1 atom stereocenters. The van der Waals surface area contributed by atoms with Gasteiger partial charge in [0.15, 0.2) is 5.76 Å². The second kappa shape index (κ2) is 9.15. The molecule has 0 radical (unpaired) electrons. The summed E-state index contributed by atoms with van der Waals surface area (Å²) in [5.74, 6) is -1.63. The summed E-state index contributed by atoms with van der Waals surface area (Å²) in [6, 6.07) is 22.9. The van der Waals surface area contributed by atoms with Gasteiger partial charge in [0.05, 0.1) is 30.8 Å². The molecule has 3 aromatic rings. The van der Waals surface area contributed by atoms with Crippen LogP contribution in [0.1, 0.15) is 38.5 Å². The molecule has 0 aromatic heterocycles. The Morgan fingerprint density at radius 2 is 1.84 bits per heavy atom. The molecule has 0 unspecified atom stereocenters. The number of carbonyl (C=O) groups excluding carboxylic acids is 1. The van der Waals surface area contributed by atoms with Gasteiger partial charge in [-0.05, 0) is 42.3 Å². The lowest BCUT2D eigenvalue weighted by Crippen LogP contribution is -2.39. The molecule has 3 aromatic carbocycles. The second-order valence-electron chi connectivity index (χ2n) is 8.75. The lowest BCUT2D eigenvalue weighted by atomic mass is 9.88. The molecule has 2 heterocycles. The standard InChI is InChI=1S/C28H23N3O5S/c1-17-6-5-7-18(14-17)16-31-23-9-4-3-8-21(23)25-26(37(31,33)34)24(22(15-29)27(30)36-25)19-10-12-20(13-11-19)28(32)35-2/h3-14,24H,16,30H2,1-2H3/t24-/m1/s1. The minimum atomic E-state index is -4.19.